The molecule has 5 heteroatoms. The number of rotatable bonds is 9. The van der Waals surface area contributed by atoms with E-state index in [1.807, 2.05) is 6.92 Å². The van der Waals surface area contributed by atoms with Crippen LogP contribution in [0.2, 0.25) is 0 Å². The lowest BCUT2D eigenvalue weighted by Gasteiger charge is -2.26. The first-order valence-corrected chi connectivity index (χ1v) is 5.13. The average Bonchev–Trinajstić information content (AvgIpc) is 2.23. The van der Waals surface area contributed by atoms with E-state index >= 15 is 0 Å². The first kappa shape index (κ1) is 14.3. The lowest BCUT2D eigenvalue weighted by Crippen LogP contribution is -2.39. The van der Waals surface area contributed by atoms with Crippen molar-refractivity contribution in [3.05, 3.63) is 0 Å². The van der Waals surface area contributed by atoms with Gasteiger partial charge >= 0.3 is 5.97 Å². The Kier molecular flexibility index (Phi) is 7.29. The Morgan fingerprint density at radius 2 is 2.07 bits per heavy atom. The second-order valence-corrected chi connectivity index (χ2v) is 3.50. The summed E-state index contributed by atoms with van der Waals surface area (Å²) in [7, 11) is 1.59. The molecule has 0 fully saturated rings. The maximum Gasteiger partial charge on any atom is 0.310 e. The number of hydrogen-bond donors (Lipinski definition) is 2. The fraction of sp³-hybridized carbons (Fsp3) is 0.900. The highest BCUT2D eigenvalue weighted by atomic mass is 16.5. The molecule has 0 aromatic rings. The molecule has 0 aliphatic rings. The zero-order valence-electron chi connectivity index (χ0n) is 9.49. The largest absolute Gasteiger partial charge is 0.481 e. The van der Waals surface area contributed by atoms with Crippen molar-refractivity contribution in [3.8, 4) is 0 Å². The molecule has 0 aromatic heterocycles. The molecule has 0 aromatic carbocycles. The van der Waals surface area contributed by atoms with E-state index in [0.29, 0.717) is 32.7 Å². The Labute approximate surface area is 90.5 Å². The SMILES string of the molecule is CCC(CN)(CCOCCOC)C(=O)O. The van der Waals surface area contributed by atoms with Crippen molar-refractivity contribution in [2.45, 2.75) is 19.8 Å². The Balaban J connectivity index is 3.91. The van der Waals surface area contributed by atoms with Gasteiger partial charge in [0, 0.05) is 20.3 Å². The van der Waals surface area contributed by atoms with E-state index in [1.54, 1.807) is 7.11 Å². The van der Waals surface area contributed by atoms with Gasteiger partial charge in [-0.2, -0.15) is 0 Å². The molecule has 0 spiro atoms. The fourth-order valence-electron chi connectivity index (χ4n) is 1.28. The van der Waals surface area contributed by atoms with Gasteiger partial charge in [0.05, 0.1) is 18.6 Å². The maximum absolute atomic E-state index is 11.0. The third-order valence-corrected chi connectivity index (χ3v) is 2.68. The normalized spacial score (nSPS) is 14.9. The van der Waals surface area contributed by atoms with E-state index in [2.05, 4.69) is 0 Å². The third-order valence-electron chi connectivity index (χ3n) is 2.68. The van der Waals surface area contributed by atoms with Crippen LogP contribution in [0.15, 0.2) is 0 Å². The van der Waals surface area contributed by atoms with Gasteiger partial charge in [-0.15, -0.1) is 0 Å². The van der Waals surface area contributed by atoms with Gasteiger partial charge in [0.2, 0.25) is 0 Å². The molecule has 1 atom stereocenters. The van der Waals surface area contributed by atoms with E-state index in [0.717, 1.165) is 0 Å². The summed E-state index contributed by atoms with van der Waals surface area (Å²) in [5.41, 5.74) is 4.66. The molecule has 0 radical (unpaired) electrons. The molecule has 0 aliphatic heterocycles. The summed E-state index contributed by atoms with van der Waals surface area (Å²) in [5, 5.41) is 9.07. The standard InChI is InChI=1S/C10H21NO4/c1-3-10(8-11,9(12)13)4-5-15-7-6-14-2/h3-8,11H2,1-2H3,(H,12,13). The Hall–Kier alpha value is -0.650. The van der Waals surface area contributed by atoms with Crippen LogP contribution in [0.1, 0.15) is 19.8 Å². The van der Waals surface area contributed by atoms with Crippen molar-refractivity contribution in [2.24, 2.45) is 11.1 Å². The molecule has 0 bridgehead atoms. The lowest BCUT2D eigenvalue weighted by molar-refractivity contribution is -0.150. The molecule has 15 heavy (non-hydrogen) atoms. The molecule has 0 aliphatic carbocycles. The maximum atomic E-state index is 11.0. The molecular weight excluding hydrogens is 198 g/mol. The zero-order chi connectivity index (χ0) is 11.7. The summed E-state index contributed by atoms with van der Waals surface area (Å²) in [6, 6.07) is 0. The van der Waals surface area contributed by atoms with Gasteiger partial charge in [-0.3, -0.25) is 4.79 Å². The molecule has 90 valence electrons. The summed E-state index contributed by atoms with van der Waals surface area (Å²) in [6.45, 7) is 3.39. The van der Waals surface area contributed by atoms with E-state index in [-0.39, 0.29) is 6.54 Å². The van der Waals surface area contributed by atoms with Crippen LogP contribution < -0.4 is 5.73 Å². The number of methoxy groups -OCH3 is 1. The minimum absolute atomic E-state index is 0.145. The Bertz CT molecular complexity index is 180. The molecule has 0 saturated heterocycles. The zero-order valence-corrected chi connectivity index (χ0v) is 9.49. The van der Waals surface area contributed by atoms with E-state index in [1.165, 1.54) is 0 Å². The minimum atomic E-state index is -0.845. The van der Waals surface area contributed by atoms with E-state index in [9.17, 15) is 4.79 Å². The van der Waals surface area contributed by atoms with E-state index in [4.69, 9.17) is 20.3 Å². The molecule has 1 unspecified atom stereocenters. The third kappa shape index (κ3) is 4.59. The van der Waals surface area contributed by atoms with Crippen LogP contribution in [0, 0.1) is 5.41 Å². The summed E-state index contributed by atoms with van der Waals surface area (Å²) in [4.78, 5) is 11.0. The average molecular weight is 219 g/mol. The smallest absolute Gasteiger partial charge is 0.310 e. The minimum Gasteiger partial charge on any atom is -0.481 e. The van der Waals surface area contributed by atoms with Crippen LogP contribution in [-0.2, 0) is 14.3 Å². The first-order valence-electron chi connectivity index (χ1n) is 5.13. The highest BCUT2D eigenvalue weighted by molar-refractivity contribution is 5.74. The number of ether oxygens (including phenoxy) is 2. The molecule has 0 rings (SSSR count). The Morgan fingerprint density at radius 1 is 1.40 bits per heavy atom. The van der Waals surface area contributed by atoms with Gasteiger partial charge < -0.3 is 20.3 Å². The van der Waals surface area contributed by atoms with Gasteiger partial charge in [-0.05, 0) is 12.8 Å². The van der Waals surface area contributed by atoms with Gasteiger partial charge in [-0.1, -0.05) is 6.92 Å². The number of hydrogen-bond acceptors (Lipinski definition) is 4. The molecule has 0 heterocycles. The summed E-state index contributed by atoms with van der Waals surface area (Å²) >= 11 is 0. The number of nitrogens with two attached hydrogens (primary N) is 1. The summed E-state index contributed by atoms with van der Waals surface area (Å²) in [5.74, 6) is -0.845. The first-order chi connectivity index (χ1) is 7.13. The highest BCUT2D eigenvalue weighted by Gasteiger charge is 2.34. The fourth-order valence-corrected chi connectivity index (χ4v) is 1.28. The lowest BCUT2D eigenvalue weighted by atomic mass is 9.82. The van der Waals surface area contributed by atoms with Crippen molar-refractivity contribution in [1.29, 1.82) is 0 Å². The van der Waals surface area contributed by atoms with Crippen LogP contribution in [0.3, 0.4) is 0 Å². The molecule has 5 nitrogen and oxygen atoms in total. The second kappa shape index (κ2) is 7.62. The summed E-state index contributed by atoms with van der Waals surface area (Å²) < 4.78 is 10.0. The number of aliphatic carboxylic acids is 1. The topological polar surface area (TPSA) is 81.8 Å². The molecule has 0 saturated carbocycles. The van der Waals surface area contributed by atoms with Crippen molar-refractivity contribution in [1.82, 2.24) is 0 Å². The van der Waals surface area contributed by atoms with Crippen molar-refractivity contribution in [2.75, 3.05) is 33.5 Å². The summed E-state index contributed by atoms with van der Waals surface area (Å²) in [6.07, 6.45) is 0.964. The number of carboxylic acids is 1. The van der Waals surface area contributed by atoms with Gasteiger partial charge in [-0.25, -0.2) is 0 Å². The van der Waals surface area contributed by atoms with Crippen LogP contribution in [0.25, 0.3) is 0 Å². The van der Waals surface area contributed by atoms with Crippen LogP contribution >= 0.6 is 0 Å². The predicted molar refractivity (Wildman–Crippen MR) is 56.7 cm³/mol. The molecule has 0 amide bonds. The van der Waals surface area contributed by atoms with Crippen LogP contribution in [0.5, 0.6) is 0 Å². The van der Waals surface area contributed by atoms with E-state index < -0.39 is 11.4 Å². The Morgan fingerprint density at radius 3 is 2.47 bits per heavy atom. The number of carbonyl (C=O) groups is 1. The number of carboxylic acid groups (broad SMARTS) is 1. The quantitative estimate of drug-likeness (QED) is 0.551. The predicted octanol–water partition coefficient (Wildman–Crippen LogP) is 0.479. The van der Waals surface area contributed by atoms with Crippen molar-refractivity contribution < 1.29 is 19.4 Å². The van der Waals surface area contributed by atoms with Crippen molar-refractivity contribution in [3.63, 3.8) is 0 Å². The highest BCUT2D eigenvalue weighted by Crippen LogP contribution is 2.25. The monoisotopic (exact) mass is 219 g/mol. The van der Waals surface area contributed by atoms with Gasteiger partial charge in [0.25, 0.3) is 0 Å². The van der Waals surface area contributed by atoms with Crippen LogP contribution in [-0.4, -0.2) is 44.6 Å². The molecule has 3 N–H and O–H groups in total. The van der Waals surface area contributed by atoms with Crippen molar-refractivity contribution >= 4 is 5.97 Å². The van der Waals surface area contributed by atoms with Gasteiger partial charge in [0.1, 0.15) is 0 Å². The molecular formula is C10H21NO4. The van der Waals surface area contributed by atoms with Gasteiger partial charge in [0.15, 0.2) is 0 Å². The second-order valence-electron chi connectivity index (χ2n) is 3.50. The van der Waals surface area contributed by atoms with Crippen LogP contribution in [0.4, 0.5) is 0 Å².